The van der Waals surface area contributed by atoms with Crippen molar-refractivity contribution in [3.63, 3.8) is 0 Å². The number of para-hydroxylation sites is 1. The van der Waals surface area contributed by atoms with Gasteiger partial charge in [0.25, 0.3) is 6.47 Å². The molecule has 0 saturated carbocycles. The molecule has 0 radical (unpaired) electrons. The topological polar surface area (TPSA) is 42.1 Å². The largest absolute Gasteiger partial charge is 0.433 e. The molecule has 2 aromatic rings. The molecule has 1 N–H and O–H groups in total. The van der Waals surface area contributed by atoms with Gasteiger partial charge in [0.2, 0.25) is 6.36 Å². The fourth-order valence-electron chi connectivity index (χ4n) is 2.01. The van der Waals surface area contributed by atoms with Gasteiger partial charge >= 0.3 is 0 Å². The predicted octanol–water partition coefficient (Wildman–Crippen LogP) is 3.05. The van der Waals surface area contributed by atoms with Crippen LogP contribution >= 0.6 is 0 Å². The number of carbonyl (C=O) groups is 1. The molecule has 1 aromatic heterocycles. The molecular formula is C13H14FNO2. The van der Waals surface area contributed by atoms with Crippen LogP contribution in [0.2, 0.25) is 0 Å². The highest BCUT2D eigenvalue weighted by atomic mass is 19.1. The third-order valence-corrected chi connectivity index (χ3v) is 3.02. The molecule has 0 aliphatic heterocycles. The van der Waals surface area contributed by atoms with Crippen molar-refractivity contribution in [1.82, 2.24) is 4.98 Å². The first kappa shape index (κ1) is 11.6. The smallest absolute Gasteiger partial charge is 0.295 e. The van der Waals surface area contributed by atoms with Crippen molar-refractivity contribution in [2.24, 2.45) is 0 Å². The maximum Gasteiger partial charge on any atom is 0.295 e. The van der Waals surface area contributed by atoms with Gasteiger partial charge in [-0.05, 0) is 18.1 Å². The Morgan fingerprint density at radius 2 is 2.24 bits per heavy atom. The van der Waals surface area contributed by atoms with Crippen molar-refractivity contribution in [2.45, 2.75) is 26.1 Å². The van der Waals surface area contributed by atoms with Crippen LogP contribution in [-0.2, 0) is 9.53 Å². The monoisotopic (exact) mass is 235 g/mol. The molecule has 0 bridgehead atoms. The summed E-state index contributed by atoms with van der Waals surface area (Å²) in [5.74, 6) is -0.498. The van der Waals surface area contributed by atoms with Crippen LogP contribution in [0.3, 0.4) is 0 Å². The molecule has 0 aliphatic rings. The van der Waals surface area contributed by atoms with E-state index in [0.29, 0.717) is 0 Å². The Morgan fingerprint density at radius 3 is 2.94 bits per heavy atom. The minimum absolute atomic E-state index is 0.140. The lowest BCUT2D eigenvalue weighted by Gasteiger charge is -2.16. The third kappa shape index (κ3) is 2.02. The number of aromatic nitrogens is 1. The highest BCUT2D eigenvalue weighted by Crippen LogP contribution is 2.29. The van der Waals surface area contributed by atoms with Crippen LogP contribution in [0.15, 0.2) is 24.4 Å². The van der Waals surface area contributed by atoms with Gasteiger partial charge in [0.1, 0.15) is 0 Å². The van der Waals surface area contributed by atoms with Crippen LogP contribution in [-0.4, -0.2) is 17.8 Å². The second kappa shape index (κ2) is 4.57. The molecule has 0 saturated heterocycles. The van der Waals surface area contributed by atoms with E-state index in [1.807, 2.05) is 31.3 Å². The summed E-state index contributed by atoms with van der Waals surface area (Å²) in [6.45, 7) is 3.82. The average molecular weight is 235 g/mol. The van der Waals surface area contributed by atoms with E-state index in [1.54, 1.807) is 6.92 Å². The lowest BCUT2D eigenvalue weighted by Crippen LogP contribution is -2.14. The molecule has 2 rings (SSSR count). The lowest BCUT2D eigenvalue weighted by molar-refractivity contribution is -0.143. The number of aryl methyl sites for hydroxylation is 1. The first-order valence-electron chi connectivity index (χ1n) is 5.45. The quantitative estimate of drug-likeness (QED) is 0.827. The van der Waals surface area contributed by atoms with E-state index in [9.17, 15) is 9.18 Å². The zero-order chi connectivity index (χ0) is 12.4. The van der Waals surface area contributed by atoms with Crippen molar-refractivity contribution in [1.29, 1.82) is 0 Å². The Kier molecular flexibility index (Phi) is 3.13. The fraction of sp³-hybridized carbons (Fsp3) is 0.308. The number of halogens is 1. The fourth-order valence-corrected chi connectivity index (χ4v) is 2.01. The summed E-state index contributed by atoms with van der Waals surface area (Å²) in [6, 6.07) is 5.69. The summed E-state index contributed by atoms with van der Waals surface area (Å²) < 4.78 is 17.9. The molecule has 0 spiro atoms. The van der Waals surface area contributed by atoms with E-state index in [0.717, 1.165) is 22.0 Å². The summed E-state index contributed by atoms with van der Waals surface area (Å²) in [4.78, 5) is 13.3. The van der Waals surface area contributed by atoms with Crippen molar-refractivity contribution in [3.05, 3.63) is 35.5 Å². The van der Waals surface area contributed by atoms with Gasteiger partial charge in [-0.1, -0.05) is 25.1 Å². The number of alkyl halides is 1. The number of rotatable bonds is 4. The molecule has 0 fully saturated rings. The molecule has 90 valence electrons. The molecule has 2 atom stereocenters. The average Bonchev–Trinajstić information content (AvgIpc) is 2.71. The van der Waals surface area contributed by atoms with Gasteiger partial charge in [0.05, 0.1) is 5.92 Å². The third-order valence-electron chi connectivity index (χ3n) is 3.02. The van der Waals surface area contributed by atoms with Gasteiger partial charge in [0, 0.05) is 17.1 Å². The number of H-pyrrole nitrogens is 1. The Bertz CT molecular complexity index is 535. The standard InChI is InChI=1S/C13H14FNO2/c1-8-6-15-12-10(8)4-3-5-11(12)9(2)13(14)17-7-16/h3-7,9,13,15H,1-2H3. The van der Waals surface area contributed by atoms with Crippen molar-refractivity contribution in [2.75, 3.05) is 0 Å². The number of ether oxygens (including phenoxy) is 1. The molecule has 0 amide bonds. The zero-order valence-corrected chi connectivity index (χ0v) is 9.74. The van der Waals surface area contributed by atoms with E-state index >= 15 is 0 Å². The molecule has 1 aromatic carbocycles. The number of benzene rings is 1. The summed E-state index contributed by atoms with van der Waals surface area (Å²) >= 11 is 0. The minimum atomic E-state index is -1.62. The van der Waals surface area contributed by atoms with Gasteiger partial charge in [-0.25, -0.2) is 4.39 Å². The van der Waals surface area contributed by atoms with E-state index in [1.165, 1.54) is 0 Å². The minimum Gasteiger partial charge on any atom is -0.433 e. The Morgan fingerprint density at radius 1 is 1.47 bits per heavy atom. The number of fused-ring (bicyclic) bond motifs is 1. The first-order chi connectivity index (χ1) is 8.15. The van der Waals surface area contributed by atoms with E-state index in [-0.39, 0.29) is 6.47 Å². The lowest BCUT2D eigenvalue weighted by atomic mass is 9.98. The highest BCUT2D eigenvalue weighted by Gasteiger charge is 2.21. The number of nitrogens with one attached hydrogen (secondary N) is 1. The van der Waals surface area contributed by atoms with E-state index in [4.69, 9.17) is 0 Å². The van der Waals surface area contributed by atoms with Crippen LogP contribution in [0.1, 0.15) is 24.0 Å². The first-order valence-corrected chi connectivity index (χ1v) is 5.45. The Balaban J connectivity index is 2.44. The van der Waals surface area contributed by atoms with Crippen LogP contribution in [0.5, 0.6) is 0 Å². The van der Waals surface area contributed by atoms with E-state index < -0.39 is 12.3 Å². The second-order valence-electron chi connectivity index (χ2n) is 4.11. The van der Waals surface area contributed by atoms with Crippen LogP contribution in [0.4, 0.5) is 4.39 Å². The van der Waals surface area contributed by atoms with Gasteiger partial charge in [0.15, 0.2) is 0 Å². The molecular weight excluding hydrogens is 221 g/mol. The Hall–Kier alpha value is -1.84. The SMILES string of the molecule is Cc1c[nH]c2c(C(C)C(F)OC=O)cccc12. The maximum absolute atomic E-state index is 13.5. The normalized spacial score (nSPS) is 14.5. The molecule has 3 nitrogen and oxygen atoms in total. The van der Waals surface area contributed by atoms with Gasteiger partial charge in [-0.15, -0.1) is 0 Å². The van der Waals surface area contributed by atoms with Gasteiger partial charge < -0.3 is 9.72 Å². The summed E-state index contributed by atoms with van der Waals surface area (Å²) in [5, 5.41) is 1.06. The Labute approximate surface area is 98.6 Å². The number of aromatic amines is 1. The number of hydrogen-bond donors (Lipinski definition) is 1. The second-order valence-corrected chi connectivity index (χ2v) is 4.11. The zero-order valence-electron chi connectivity index (χ0n) is 9.74. The van der Waals surface area contributed by atoms with Gasteiger partial charge in [-0.3, -0.25) is 4.79 Å². The predicted molar refractivity (Wildman–Crippen MR) is 63.5 cm³/mol. The van der Waals surface area contributed by atoms with E-state index in [2.05, 4.69) is 9.72 Å². The summed E-state index contributed by atoms with van der Waals surface area (Å²) in [7, 11) is 0. The van der Waals surface area contributed by atoms with Crippen LogP contribution in [0.25, 0.3) is 10.9 Å². The molecule has 4 heteroatoms. The van der Waals surface area contributed by atoms with Gasteiger partial charge in [-0.2, -0.15) is 0 Å². The summed E-state index contributed by atoms with van der Waals surface area (Å²) in [6.07, 6.45) is 0.260. The van der Waals surface area contributed by atoms with Crippen molar-refractivity contribution >= 4 is 17.4 Å². The molecule has 2 unspecified atom stereocenters. The summed E-state index contributed by atoms with van der Waals surface area (Å²) in [5.41, 5.74) is 2.82. The molecule has 1 heterocycles. The van der Waals surface area contributed by atoms with Crippen LogP contribution < -0.4 is 0 Å². The molecule has 17 heavy (non-hydrogen) atoms. The van der Waals surface area contributed by atoms with Crippen molar-refractivity contribution < 1.29 is 13.9 Å². The maximum atomic E-state index is 13.5. The molecule has 0 aliphatic carbocycles. The highest BCUT2D eigenvalue weighted by molar-refractivity contribution is 5.86. The number of carbonyl (C=O) groups excluding carboxylic acids is 1. The van der Waals surface area contributed by atoms with Crippen molar-refractivity contribution in [3.8, 4) is 0 Å². The number of hydrogen-bond acceptors (Lipinski definition) is 2. The van der Waals surface area contributed by atoms with Crippen LogP contribution in [0, 0.1) is 6.92 Å².